The second kappa shape index (κ2) is 9.24. The Morgan fingerprint density at radius 3 is 1.76 bits per heavy atom. The zero-order valence-corrected chi connectivity index (χ0v) is 24.0. The summed E-state index contributed by atoms with van der Waals surface area (Å²) in [5, 5.41) is 4.44. The Hall–Kier alpha value is -4.05. The number of ether oxygens (including phenoxy) is 1. The third-order valence-corrected chi connectivity index (χ3v) is 10.1. The molecule has 0 unspecified atom stereocenters. The maximum Gasteiger partial charge on any atom is 0.140 e. The van der Waals surface area contributed by atoms with Gasteiger partial charge in [-0.05, 0) is 58.0 Å². The molecule has 1 aliphatic heterocycles. The lowest BCUT2D eigenvalue weighted by Gasteiger charge is -2.40. The Bertz CT molecular complexity index is 1960. The van der Waals surface area contributed by atoms with Crippen LogP contribution in [-0.4, -0.2) is 4.55 Å². The predicted molar refractivity (Wildman–Crippen MR) is 171 cm³/mol. The van der Waals surface area contributed by atoms with Crippen molar-refractivity contribution in [3.63, 3.8) is 0 Å². The molecule has 1 heterocycles. The Kier molecular flexibility index (Phi) is 5.57. The highest BCUT2D eigenvalue weighted by Crippen LogP contribution is 2.64. The molecule has 0 fully saturated rings. The summed E-state index contributed by atoms with van der Waals surface area (Å²) in [5.74, 6) is 2.31. The molecule has 0 radical (unpaired) electrons. The summed E-state index contributed by atoms with van der Waals surface area (Å²) in [7, 11) is 0. The molecule has 0 bridgehead atoms. The highest BCUT2D eigenvalue weighted by molar-refractivity contribution is 7.94. The van der Waals surface area contributed by atoms with Gasteiger partial charge in [-0.1, -0.05) is 117 Å². The molecule has 2 nitrogen and oxygen atoms in total. The second-order valence-electron chi connectivity index (χ2n) is 11.2. The van der Waals surface area contributed by atoms with Gasteiger partial charge in [0.1, 0.15) is 11.5 Å². The van der Waals surface area contributed by atoms with Crippen molar-refractivity contribution >= 4 is 33.6 Å². The van der Waals surface area contributed by atoms with Crippen LogP contribution in [0.1, 0.15) is 60.4 Å². The molecule has 200 valence electrons. The summed E-state index contributed by atoms with van der Waals surface area (Å²) in [4.78, 5) is 0.829. The van der Waals surface area contributed by atoms with Crippen LogP contribution in [0.3, 0.4) is 0 Å². The van der Waals surface area contributed by atoms with Crippen molar-refractivity contribution in [3.8, 4) is 22.6 Å². The molecule has 2 aliphatic rings. The van der Waals surface area contributed by atoms with Gasteiger partial charge in [-0.3, -0.25) is 0 Å². The van der Waals surface area contributed by atoms with E-state index in [1.54, 1.807) is 0 Å². The molecule has 41 heavy (non-hydrogen) atoms. The van der Waals surface area contributed by atoms with Crippen molar-refractivity contribution in [1.29, 1.82) is 0 Å². The van der Waals surface area contributed by atoms with Crippen LogP contribution in [0.15, 0.2) is 114 Å². The Morgan fingerprint density at radius 1 is 0.585 bits per heavy atom. The molecule has 3 heteroatoms. The number of hydrogen-bond acceptors (Lipinski definition) is 3. The standard InChI is InChI=1S/C38H30O2S/c1-3-23(4-2)24-13-9-14-29-25(24)19-21-33-36(29)40-37-30-15-10-18-35(41-39)28(30)20-22-34(37)38(33)31-16-7-5-11-26(31)27-12-6-8-17-32(27)38/h5-23,39H,3-4H2,1-2H3. The minimum atomic E-state index is -0.522. The smallest absolute Gasteiger partial charge is 0.140 e. The van der Waals surface area contributed by atoms with Crippen LogP contribution in [0.25, 0.3) is 32.7 Å². The van der Waals surface area contributed by atoms with E-state index >= 15 is 0 Å². The topological polar surface area (TPSA) is 29.5 Å². The fourth-order valence-corrected chi connectivity index (χ4v) is 8.11. The average molecular weight is 551 g/mol. The van der Waals surface area contributed by atoms with Crippen LogP contribution >= 0.6 is 12.0 Å². The van der Waals surface area contributed by atoms with Crippen molar-refractivity contribution in [2.45, 2.75) is 42.9 Å². The van der Waals surface area contributed by atoms with E-state index in [1.807, 2.05) is 12.1 Å². The molecule has 6 aromatic rings. The van der Waals surface area contributed by atoms with Gasteiger partial charge in [-0.15, -0.1) is 0 Å². The van der Waals surface area contributed by atoms with Crippen LogP contribution < -0.4 is 4.74 Å². The lowest BCUT2D eigenvalue weighted by molar-refractivity contribution is 0.447. The maximum atomic E-state index is 10.1. The summed E-state index contributed by atoms with van der Waals surface area (Å²) >= 11 is 0.793. The minimum absolute atomic E-state index is 0.500. The molecule has 0 saturated heterocycles. The minimum Gasteiger partial charge on any atom is -0.455 e. The summed E-state index contributed by atoms with van der Waals surface area (Å²) in [5.41, 5.74) is 8.31. The summed E-state index contributed by atoms with van der Waals surface area (Å²) < 4.78 is 17.2. The molecule has 0 saturated carbocycles. The van der Waals surface area contributed by atoms with Gasteiger partial charge in [0.2, 0.25) is 0 Å². The number of hydrogen-bond donors (Lipinski definition) is 1. The SMILES string of the molecule is CCC(CC)c1cccc2c3c(ccc12)C1(c2ccccc2-c2ccccc21)c1ccc2c(SO)cccc2c1O3. The summed E-state index contributed by atoms with van der Waals surface area (Å²) in [6, 6.07) is 39.6. The third kappa shape index (κ3) is 3.19. The Balaban J connectivity index is 1.56. The van der Waals surface area contributed by atoms with Gasteiger partial charge in [0, 0.05) is 44.2 Å². The van der Waals surface area contributed by atoms with Crippen LogP contribution in [0.2, 0.25) is 0 Å². The van der Waals surface area contributed by atoms with E-state index < -0.39 is 5.41 Å². The fourth-order valence-electron chi connectivity index (χ4n) is 7.69. The van der Waals surface area contributed by atoms with Gasteiger partial charge < -0.3 is 9.29 Å². The highest BCUT2D eigenvalue weighted by Gasteiger charge is 2.51. The molecule has 0 amide bonds. The van der Waals surface area contributed by atoms with E-state index in [2.05, 4.69) is 111 Å². The zero-order valence-electron chi connectivity index (χ0n) is 23.1. The number of benzene rings is 6. The maximum absolute atomic E-state index is 10.1. The van der Waals surface area contributed by atoms with Gasteiger partial charge in [0.25, 0.3) is 0 Å². The lowest BCUT2D eigenvalue weighted by atomic mass is 9.65. The van der Waals surface area contributed by atoms with Gasteiger partial charge in [-0.25, -0.2) is 0 Å². The molecule has 8 rings (SSSR count). The van der Waals surface area contributed by atoms with Crippen molar-refractivity contribution in [2.24, 2.45) is 0 Å². The predicted octanol–water partition coefficient (Wildman–Crippen LogP) is 10.9. The van der Waals surface area contributed by atoms with Crippen molar-refractivity contribution < 1.29 is 9.29 Å². The van der Waals surface area contributed by atoms with Gasteiger partial charge in [0.15, 0.2) is 0 Å². The van der Waals surface area contributed by atoms with Crippen molar-refractivity contribution in [3.05, 3.63) is 137 Å². The molecule has 0 atom stereocenters. The first-order valence-electron chi connectivity index (χ1n) is 14.5. The largest absolute Gasteiger partial charge is 0.455 e. The monoisotopic (exact) mass is 550 g/mol. The summed E-state index contributed by atoms with van der Waals surface area (Å²) in [6.45, 7) is 4.56. The van der Waals surface area contributed by atoms with E-state index in [-0.39, 0.29) is 0 Å². The van der Waals surface area contributed by atoms with E-state index in [9.17, 15) is 4.55 Å². The van der Waals surface area contributed by atoms with Crippen LogP contribution in [0, 0.1) is 0 Å². The van der Waals surface area contributed by atoms with Gasteiger partial charge in [-0.2, -0.15) is 0 Å². The summed E-state index contributed by atoms with van der Waals surface area (Å²) in [6.07, 6.45) is 2.21. The van der Waals surface area contributed by atoms with E-state index in [4.69, 9.17) is 4.74 Å². The molecular weight excluding hydrogens is 520 g/mol. The van der Waals surface area contributed by atoms with Crippen molar-refractivity contribution in [2.75, 3.05) is 0 Å². The van der Waals surface area contributed by atoms with Crippen LogP contribution in [0.4, 0.5) is 0 Å². The third-order valence-electron chi connectivity index (χ3n) is 9.51. The van der Waals surface area contributed by atoms with E-state index in [0.717, 1.165) is 63.0 Å². The zero-order chi connectivity index (χ0) is 27.7. The van der Waals surface area contributed by atoms with Gasteiger partial charge >= 0.3 is 0 Å². The highest BCUT2D eigenvalue weighted by atomic mass is 32.2. The van der Waals surface area contributed by atoms with Crippen LogP contribution in [0.5, 0.6) is 11.5 Å². The lowest BCUT2D eigenvalue weighted by Crippen LogP contribution is -2.32. The molecule has 1 aliphatic carbocycles. The van der Waals surface area contributed by atoms with Gasteiger partial charge in [0.05, 0.1) is 5.41 Å². The molecule has 6 aromatic carbocycles. The second-order valence-corrected chi connectivity index (χ2v) is 11.8. The Morgan fingerprint density at radius 2 is 1.15 bits per heavy atom. The first-order chi connectivity index (χ1) is 20.2. The van der Waals surface area contributed by atoms with E-state index in [1.165, 1.54) is 38.8 Å². The number of fused-ring (bicyclic) bond motifs is 13. The van der Waals surface area contributed by atoms with Crippen LogP contribution in [-0.2, 0) is 5.41 Å². The van der Waals surface area contributed by atoms with Crippen molar-refractivity contribution in [1.82, 2.24) is 0 Å². The molecule has 1 spiro atoms. The number of rotatable bonds is 4. The average Bonchev–Trinajstić information content (AvgIpc) is 3.32. The quantitative estimate of drug-likeness (QED) is 0.221. The fraction of sp³-hybridized carbons (Fsp3) is 0.158. The first-order valence-corrected chi connectivity index (χ1v) is 15.3. The van der Waals surface area contributed by atoms with E-state index in [0.29, 0.717) is 5.92 Å². The molecule has 1 N–H and O–H groups in total. The normalized spacial score (nSPS) is 14.1. The Labute approximate surface area is 244 Å². The molecule has 0 aromatic heterocycles. The molecular formula is C38H30O2S. The first kappa shape index (κ1) is 24.7.